The number of amides is 1. The number of nitrogens with one attached hydrogen (secondary N) is 2. The smallest absolute Gasteiger partial charge is 0.270 e. The summed E-state index contributed by atoms with van der Waals surface area (Å²) in [4.78, 5) is 11.4. The average molecular weight is 332 g/mol. The molecule has 2 rings (SSSR count). The fourth-order valence-corrected chi connectivity index (χ4v) is 3.01. The van der Waals surface area contributed by atoms with Crippen LogP contribution in [-0.4, -0.2) is 19.5 Å². The molecule has 0 bridgehead atoms. The molecule has 0 aliphatic heterocycles. The molecule has 0 aromatic heterocycles. The van der Waals surface area contributed by atoms with E-state index in [1.807, 2.05) is 0 Å². The van der Waals surface area contributed by atoms with Gasteiger partial charge in [-0.2, -0.15) is 0 Å². The molecule has 2 aromatic carbocycles. The van der Waals surface area contributed by atoms with Gasteiger partial charge in [-0.1, -0.05) is 30.3 Å². The summed E-state index contributed by atoms with van der Waals surface area (Å²) in [6.07, 6.45) is 1.48. The number of carbonyl (C=O) groups excluding carboxylic acids is 1. The minimum absolute atomic E-state index is 0.0762. The number of hydrogen-bond acceptors (Lipinski definition) is 4. The summed E-state index contributed by atoms with van der Waals surface area (Å²) < 4.78 is 27.2. The molecule has 3 N–H and O–H groups in total. The Hall–Kier alpha value is -2.64. The lowest BCUT2D eigenvalue weighted by Crippen LogP contribution is -2.19. The molecule has 2 aromatic rings. The molecule has 7 heteroatoms. The molecule has 0 atom stereocenters. The van der Waals surface area contributed by atoms with E-state index in [0.29, 0.717) is 11.3 Å². The van der Waals surface area contributed by atoms with E-state index >= 15 is 0 Å². The molecular formula is C16H16N2O4S. The number of anilines is 1. The zero-order valence-electron chi connectivity index (χ0n) is 12.4. The first-order valence-corrected chi connectivity index (χ1v) is 8.21. The highest BCUT2D eigenvalue weighted by Crippen LogP contribution is 2.18. The Kier molecular flexibility index (Phi) is 5.15. The van der Waals surface area contributed by atoms with Crippen molar-refractivity contribution in [2.24, 2.45) is 0 Å². The van der Waals surface area contributed by atoms with Crippen molar-refractivity contribution in [2.75, 3.05) is 4.72 Å². The van der Waals surface area contributed by atoms with Gasteiger partial charge in [0, 0.05) is 11.3 Å². The van der Waals surface area contributed by atoms with E-state index in [2.05, 4.69) is 4.72 Å². The minimum atomic E-state index is -3.73. The van der Waals surface area contributed by atoms with Gasteiger partial charge in [-0.3, -0.25) is 14.7 Å². The van der Waals surface area contributed by atoms with Crippen LogP contribution in [0.15, 0.2) is 65.1 Å². The number of hydroxylamine groups is 1. The molecule has 0 unspecified atom stereocenters. The molecule has 0 aliphatic rings. The van der Waals surface area contributed by atoms with E-state index in [0.717, 1.165) is 0 Å². The molecule has 120 valence electrons. The molecule has 0 spiro atoms. The lowest BCUT2D eigenvalue weighted by Gasteiger charge is -2.08. The van der Waals surface area contributed by atoms with E-state index in [1.165, 1.54) is 30.6 Å². The van der Waals surface area contributed by atoms with Crippen LogP contribution in [-0.2, 0) is 14.8 Å². The summed E-state index contributed by atoms with van der Waals surface area (Å²) in [6.45, 7) is 1.51. The van der Waals surface area contributed by atoms with Crippen molar-refractivity contribution >= 4 is 27.7 Å². The van der Waals surface area contributed by atoms with Gasteiger partial charge in [0.05, 0.1) is 4.90 Å². The largest absolute Gasteiger partial charge is 0.288 e. The number of hydrogen-bond donors (Lipinski definition) is 3. The maximum atomic E-state index is 12.4. The van der Waals surface area contributed by atoms with Gasteiger partial charge in [0.1, 0.15) is 0 Å². The summed E-state index contributed by atoms with van der Waals surface area (Å²) in [7, 11) is -3.73. The van der Waals surface area contributed by atoms with Crippen LogP contribution in [0.3, 0.4) is 0 Å². The highest BCUT2D eigenvalue weighted by molar-refractivity contribution is 7.92. The summed E-state index contributed by atoms with van der Waals surface area (Å²) in [6, 6.07) is 14.7. The third-order valence-corrected chi connectivity index (χ3v) is 4.42. The predicted molar refractivity (Wildman–Crippen MR) is 87.3 cm³/mol. The first-order chi connectivity index (χ1) is 10.9. The normalized spacial score (nSPS) is 11.8. The predicted octanol–water partition coefficient (Wildman–Crippen LogP) is 2.40. The first kappa shape index (κ1) is 16.7. The van der Waals surface area contributed by atoms with Crippen LogP contribution in [0, 0.1) is 0 Å². The van der Waals surface area contributed by atoms with Crippen molar-refractivity contribution in [3.05, 3.63) is 65.7 Å². The molecule has 0 aliphatic carbocycles. The molecule has 23 heavy (non-hydrogen) atoms. The number of sulfonamides is 1. The van der Waals surface area contributed by atoms with Crippen LogP contribution in [0.2, 0.25) is 0 Å². The van der Waals surface area contributed by atoms with Crippen LogP contribution < -0.4 is 10.2 Å². The standard InChI is InChI=1S/C16H16N2O4S/c1-12(16(19)17-20)10-13-6-5-9-15(11-13)23(21,22)18-14-7-3-2-4-8-14/h2-11,18,20H,1H3,(H,17,19)/b12-10+. The Bertz CT molecular complexity index is 830. The lowest BCUT2D eigenvalue weighted by molar-refractivity contribution is -0.125. The van der Waals surface area contributed by atoms with E-state index in [9.17, 15) is 13.2 Å². The second kappa shape index (κ2) is 7.08. The first-order valence-electron chi connectivity index (χ1n) is 6.73. The molecular weight excluding hydrogens is 316 g/mol. The minimum Gasteiger partial charge on any atom is -0.288 e. The van der Waals surface area contributed by atoms with Gasteiger partial charge < -0.3 is 0 Å². The van der Waals surface area contributed by atoms with Crippen LogP contribution in [0.25, 0.3) is 6.08 Å². The molecule has 6 nitrogen and oxygen atoms in total. The maximum absolute atomic E-state index is 12.4. The second-order valence-electron chi connectivity index (χ2n) is 4.81. The van der Waals surface area contributed by atoms with Gasteiger partial charge in [0.15, 0.2) is 0 Å². The van der Waals surface area contributed by atoms with E-state index in [1.54, 1.807) is 42.5 Å². The Balaban J connectivity index is 2.30. The van der Waals surface area contributed by atoms with Crippen LogP contribution >= 0.6 is 0 Å². The van der Waals surface area contributed by atoms with Crippen molar-refractivity contribution in [1.82, 2.24) is 5.48 Å². The zero-order chi connectivity index (χ0) is 16.9. The van der Waals surface area contributed by atoms with Gasteiger partial charge in [-0.05, 0) is 42.8 Å². The monoisotopic (exact) mass is 332 g/mol. The van der Waals surface area contributed by atoms with Gasteiger partial charge in [0.25, 0.3) is 15.9 Å². The van der Waals surface area contributed by atoms with Crippen molar-refractivity contribution in [3.8, 4) is 0 Å². The topological polar surface area (TPSA) is 95.5 Å². The fourth-order valence-electron chi connectivity index (χ4n) is 1.90. The molecule has 1 amide bonds. The van der Waals surface area contributed by atoms with Crippen LogP contribution in [0.1, 0.15) is 12.5 Å². The van der Waals surface area contributed by atoms with Gasteiger partial charge in [-0.25, -0.2) is 13.9 Å². The summed E-state index contributed by atoms with van der Waals surface area (Å²) in [5, 5.41) is 8.58. The Morgan fingerprint density at radius 2 is 1.78 bits per heavy atom. The highest BCUT2D eigenvalue weighted by atomic mass is 32.2. The highest BCUT2D eigenvalue weighted by Gasteiger charge is 2.14. The molecule has 0 fully saturated rings. The summed E-state index contributed by atoms with van der Waals surface area (Å²) in [5.41, 5.74) is 2.76. The Morgan fingerprint density at radius 3 is 2.43 bits per heavy atom. The Morgan fingerprint density at radius 1 is 1.09 bits per heavy atom. The van der Waals surface area contributed by atoms with Gasteiger partial charge in [-0.15, -0.1) is 0 Å². The van der Waals surface area contributed by atoms with Crippen LogP contribution in [0.4, 0.5) is 5.69 Å². The third-order valence-electron chi connectivity index (χ3n) is 3.04. The van der Waals surface area contributed by atoms with Crippen molar-refractivity contribution in [3.63, 3.8) is 0 Å². The molecule has 0 heterocycles. The average Bonchev–Trinajstić information content (AvgIpc) is 2.55. The SMILES string of the molecule is C/C(=C\c1cccc(S(=O)(=O)Nc2ccccc2)c1)C(=O)NO. The quantitative estimate of drug-likeness (QED) is 0.445. The maximum Gasteiger partial charge on any atom is 0.270 e. The fraction of sp³-hybridized carbons (Fsp3) is 0.0625. The number of benzene rings is 2. The van der Waals surface area contributed by atoms with Gasteiger partial charge in [0.2, 0.25) is 0 Å². The second-order valence-corrected chi connectivity index (χ2v) is 6.49. The van der Waals surface area contributed by atoms with E-state index in [4.69, 9.17) is 5.21 Å². The molecule has 0 saturated carbocycles. The van der Waals surface area contributed by atoms with Crippen molar-refractivity contribution in [1.29, 1.82) is 0 Å². The van der Waals surface area contributed by atoms with Crippen LogP contribution in [0.5, 0.6) is 0 Å². The van der Waals surface area contributed by atoms with E-state index < -0.39 is 15.9 Å². The molecule has 0 radical (unpaired) electrons. The van der Waals surface area contributed by atoms with Gasteiger partial charge >= 0.3 is 0 Å². The molecule has 0 saturated heterocycles. The summed E-state index contributed by atoms with van der Waals surface area (Å²) >= 11 is 0. The van der Waals surface area contributed by atoms with E-state index in [-0.39, 0.29) is 10.5 Å². The summed E-state index contributed by atoms with van der Waals surface area (Å²) in [5.74, 6) is -0.652. The zero-order valence-corrected chi connectivity index (χ0v) is 13.2. The third kappa shape index (κ3) is 4.41. The number of para-hydroxylation sites is 1. The lowest BCUT2D eigenvalue weighted by atomic mass is 10.1. The number of carbonyl (C=O) groups is 1. The van der Waals surface area contributed by atoms with Crippen molar-refractivity contribution in [2.45, 2.75) is 11.8 Å². The Labute approximate surface area is 134 Å². The number of rotatable bonds is 5. The van der Waals surface area contributed by atoms with Crippen molar-refractivity contribution < 1.29 is 18.4 Å².